The van der Waals surface area contributed by atoms with Gasteiger partial charge in [-0.25, -0.2) is 9.59 Å². The number of hydrogen-bond donors (Lipinski definition) is 8. The van der Waals surface area contributed by atoms with Crippen LogP contribution in [0.3, 0.4) is 0 Å². The lowest BCUT2D eigenvalue weighted by molar-refractivity contribution is -0.143. The van der Waals surface area contributed by atoms with Crippen molar-refractivity contribution >= 4 is 53.1 Å². The van der Waals surface area contributed by atoms with Crippen LogP contribution in [0.1, 0.15) is 167 Å². The summed E-state index contributed by atoms with van der Waals surface area (Å²) in [5.74, 6) is -4.97. The number of carboxylic acids is 3. The highest BCUT2D eigenvalue weighted by Gasteiger charge is 2.22. The normalized spacial score (nSPS) is 12.4. The predicted octanol–water partition coefficient (Wildman–Crippen LogP) is 4.01. The quantitative estimate of drug-likeness (QED) is 0.0399. The Balaban J connectivity index is 3.80. The van der Waals surface area contributed by atoms with E-state index in [1.807, 2.05) is 0 Å². The Hall–Kier alpha value is -4.57. The molecule has 0 saturated carbocycles. The van der Waals surface area contributed by atoms with Crippen LogP contribution in [0, 0.1) is 0 Å². The molecule has 0 aliphatic rings. The van der Waals surface area contributed by atoms with Crippen LogP contribution >= 0.6 is 0 Å². The van der Waals surface area contributed by atoms with Crippen LogP contribution in [0.4, 0.5) is 0 Å². The van der Waals surface area contributed by atoms with Crippen LogP contribution in [-0.2, 0) is 62.1 Å². The van der Waals surface area contributed by atoms with E-state index in [0.29, 0.717) is 32.2 Å². The maximum absolute atomic E-state index is 12.4. The molecule has 0 saturated heterocycles. The first-order valence-electron chi connectivity index (χ1n) is 25.5. The number of carbonyl (C=O) groups is 9. The smallest absolute Gasteiger partial charge is 0.326 e. The van der Waals surface area contributed by atoms with Crippen LogP contribution in [0.15, 0.2) is 0 Å². The molecule has 0 fully saturated rings. The summed E-state index contributed by atoms with van der Waals surface area (Å²) >= 11 is 0. The first kappa shape index (κ1) is 65.4. The van der Waals surface area contributed by atoms with Gasteiger partial charge < -0.3 is 60.9 Å². The van der Waals surface area contributed by atoms with E-state index in [0.717, 1.165) is 51.4 Å². The minimum atomic E-state index is -1.27. The van der Waals surface area contributed by atoms with E-state index >= 15 is 0 Å². The molecule has 0 unspecified atom stereocenters. The van der Waals surface area contributed by atoms with Gasteiger partial charge in [0.05, 0.1) is 39.1 Å². The summed E-state index contributed by atoms with van der Waals surface area (Å²) in [4.78, 5) is 106. The fraction of sp³-hybridized carbons (Fsp3) is 0.816. The van der Waals surface area contributed by atoms with Gasteiger partial charge >= 0.3 is 17.9 Å². The van der Waals surface area contributed by atoms with E-state index in [1.54, 1.807) is 7.05 Å². The first-order chi connectivity index (χ1) is 33.7. The van der Waals surface area contributed by atoms with Crippen molar-refractivity contribution < 1.29 is 77.4 Å². The van der Waals surface area contributed by atoms with Crippen LogP contribution in [0.5, 0.6) is 0 Å². The van der Waals surface area contributed by atoms with Crippen molar-refractivity contribution in [1.29, 1.82) is 0 Å². The van der Waals surface area contributed by atoms with Crippen molar-refractivity contribution in [2.75, 3.05) is 73.0 Å². The number of likely N-dealkylation sites (N-methyl/N-ethyl adjacent to an activating group) is 1. The number of Topliss-reactive ketones (excluding diaryl/α,β-unsaturated/α-hetero) is 2. The van der Waals surface area contributed by atoms with Gasteiger partial charge in [-0.3, -0.25) is 33.6 Å². The number of ether oxygens (including phenoxy) is 4. The molecule has 0 aliphatic heterocycles. The number of carboxylic acid groups (broad SMARTS) is 3. The lowest BCUT2D eigenvalue weighted by Gasteiger charge is -2.15. The Kier molecular flexibility index (Phi) is 42.6. The fourth-order valence-electron chi connectivity index (χ4n) is 7.18. The van der Waals surface area contributed by atoms with E-state index in [9.17, 15) is 53.4 Å². The summed E-state index contributed by atoms with van der Waals surface area (Å²) in [5.41, 5.74) is 0. The molecule has 0 aromatic heterocycles. The minimum absolute atomic E-state index is 0.0425. The average Bonchev–Trinajstić information content (AvgIpc) is 3.31. The van der Waals surface area contributed by atoms with Crippen LogP contribution < -0.4 is 26.6 Å². The molecule has 0 aliphatic carbocycles. The molecule has 70 heavy (non-hydrogen) atoms. The first-order valence-corrected chi connectivity index (χ1v) is 25.5. The Morgan fingerprint density at radius 2 is 0.857 bits per heavy atom. The molecule has 3 atom stereocenters. The van der Waals surface area contributed by atoms with E-state index in [1.165, 1.54) is 45.4 Å². The molecule has 4 amide bonds. The van der Waals surface area contributed by atoms with E-state index < -0.39 is 42.5 Å². The molecule has 0 bridgehead atoms. The Bertz CT molecular complexity index is 1480. The van der Waals surface area contributed by atoms with E-state index in [2.05, 4.69) is 26.6 Å². The van der Waals surface area contributed by atoms with Gasteiger partial charge in [0.2, 0.25) is 23.6 Å². The lowest BCUT2D eigenvalue weighted by atomic mass is 10.0. The van der Waals surface area contributed by atoms with Crippen molar-refractivity contribution in [2.24, 2.45) is 0 Å². The average molecular weight is 1000 g/mol. The number of carbonyl (C=O) groups excluding carboxylic acids is 6. The van der Waals surface area contributed by atoms with Crippen molar-refractivity contribution in [1.82, 2.24) is 26.6 Å². The second-order valence-corrected chi connectivity index (χ2v) is 17.5. The number of amides is 4. The standard InChI is InChI=1S/C49H87N5O16/c1-38(55)40(50-2)21-17-18-28-51-43(57)26-25-42(49(65)66)54-46(60)37-70-35-32-67-30-19-20-39(56)36-69-34-33-68-31-29-52-44(58)27-24-41(48(63)64)53-45(59)22-15-13-11-9-7-5-3-4-6-8-10-12-14-16-23-47(61)62/h40-42,50H,3-37H2,1-2H3,(H,51,57)(H,52,58)(H,53,59)(H,54,60)(H,61,62)(H,63,64)(H,65,66)/t40-,41-,42-/m0/s1. The van der Waals surface area contributed by atoms with Crippen molar-refractivity contribution in [3.63, 3.8) is 0 Å². The monoisotopic (exact) mass is 1000 g/mol. The summed E-state index contributed by atoms with van der Waals surface area (Å²) < 4.78 is 21.4. The zero-order valence-corrected chi connectivity index (χ0v) is 42.1. The van der Waals surface area contributed by atoms with Crippen LogP contribution in [0.2, 0.25) is 0 Å². The molecule has 21 nitrogen and oxygen atoms in total. The molecule has 0 rings (SSSR count). The number of rotatable bonds is 51. The molecule has 0 heterocycles. The third-order valence-electron chi connectivity index (χ3n) is 11.3. The SMILES string of the molecule is CN[C@@H](CCCCNC(=O)CC[C@H](NC(=O)COCCOCCCC(=O)COCCOCCNC(=O)CC[C@H](NC(=O)CCCCCCCCCCCCCCCCC(=O)O)C(=O)O)C(=O)O)C(C)=O. The molecular formula is C49H87N5O16. The zero-order chi connectivity index (χ0) is 52.0. The van der Waals surface area contributed by atoms with Gasteiger partial charge in [0.1, 0.15) is 31.1 Å². The zero-order valence-electron chi connectivity index (χ0n) is 42.1. The second-order valence-electron chi connectivity index (χ2n) is 17.5. The highest BCUT2D eigenvalue weighted by Crippen LogP contribution is 2.14. The molecule has 0 aromatic carbocycles. The predicted molar refractivity (Wildman–Crippen MR) is 260 cm³/mol. The molecule has 21 heteroatoms. The number of aliphatic carboxylic acids is 3. The number of hydrogen-bond acceptors (Lipinski definition) is 14. The Morgan fingerprint density at radius 1 is 0.400 bits per heavy atom. The topological polar surface area (TPSA) is 311 Å². The molecule has 404 valence electrons. The van der Waals surface area contributed by atoms with Gasteiger partial charge in [0.15, 0.2) is 5.78 Å². The molecule has 0 radical (unpaired) electrons. The van der Waals surface area contributed by atoms with Gasteiger partial charge in [-0.1, -0.05) is 77.0 Å². The number of ketones is 2. The fourth-order valence-corrected chi connectivity index (χ4v) is 7.18. The molecule has 8 N–H and O–H groups in total. The van der Waals surface area contributed by atoms with Crippen molar-refractivity contribution in [2.45, 2.75) is 186 Å². The van der Waals surface area contributed by atoms with Gasteiger partial charge in [0, 0.05) is 51.8 Å². The third-order valence-corrected chi connectivity index (χ3v) is 11.3. The highest BCUT2D eigenvalue weighted by atomic mass is 16.5. The number of nitrogens with one attached hydrogen (secondary N) is 5. The summed E-state index contributed by atoms with van der Waals surface area (Å²) in [6.07, 6.45) is 17.8. The summed E-state index contributed by atoms with van der Waals surface area (Å²) in [6.45, 7) is 2.62. The summed E-state index contributed by atoms with van der Waals surface area (Å²) in [6, 6.07) is -2.64. The molecule has 0 spiro atoms. The molecule has 0 aromatic rings. The second kappa shape index (κ2) is 45.6. The third kappa shape index (κ3) is 42.3. The van der Waals surface area contributed by atoms with Gasteiger partial charge in [0.25, 0.3) is 0 Å². The van der Waals surface area contributed by atoms with Crippen molar-refractivity contribution in [3.8, 4) is 0 Å². The van der Waals surface area contributed by atoms with Gasteiger partial charge in [-0.05, 0) is 65.3 Å². The largest absolute Gasteiger partial charge is 0.481 e. The van der Waals surface area contributed by atoms with Crippen LogP contribution in [0.25, 0.3) is 0 Å². The minimum Gasteiger partial charge on any atom is -0.481 e. The summed E-state index contributed by atoms with van der Waals surface area (Å²) in [5, 5.41) is 40.8. The Labute approximate surface area is 414 Å². The lowest BCUT2D eigenvalue weighted by Crippen LogP contribution is -2.43. The summed E-state index contributed by atoms with van der Waals surface area (Å²) in [7, 11) is 1.72. The van der Waals surface area contributed by atoms with E-state index in [4.69, 9.17) is 24.1 Å². The van der Waals surface area contributed by atoms with E-state index in [-0.39, 0.29) is 133 Å². The van der Waals surface area contributed by atoms with Gasteiger partial charge in [-0.15, -0.1) is 0 Å². The Morgan fingerprint density at radius 3 is 1.36 bits per heavy atom. The van der Waals surface area contributed by atoms with Gasteiger partial charge in [-0.2, -0.15) is 0 Å². The highest BCUT2D eigenvalue weighted by molar-refractivity contribution is 5.86. The number of unbranched alkanes of at least 4 members (excludes halogenated alkanes) is 14. The van der Waals surface area contributed by atoms with Crippen LogP contribution in [-0.4, -0.2) is 160 Å². The molecular weight excluding hydrogens is 915 g/mol. The maximum atomic E-state index is 12.4. The maximum Gasteiger partial charge on any atom is 0.326 e. The van der Waals surface area contributed by atoms with Crippen molar-refractivity contribution in [3.05, 3.63) is 0 Å².